The number of fused-ring (bicyclic) bond motifs is 1. The van der Waals surface area contributed by atoms with Crippen molar-refractivity contribution >= 4 is 17.5 Å². The normalized spacial score (nSPS) is 12.5. The van der Waals surface area contributed by atoms with Crippen molar-refractivity contribution < 1.29 is 18.8 Å². The first-order valence-corrected chi connectivity index (χ1v) is 9.44. The maximum absolute atomic E-state index is 12.9. The van der Waals surface area contributed by atoms with Crippen molar-refractivity contribution in [2.24, 2.45) is 0 Å². The van der Waals surface area contributed by atoms with Gasteiger partial charge in [0.25, 0.3) is 5.91 Å². The van der Waals surface area contributed by atoms with Gasteiger partial charge < -0.3 is 19.5 Å². The third kappa shape index (κ3) is 4.38. The molecule has 1 aromatic heterocycles. The van der Waals surface area contributed by atoms with Crippen LogP contribution in [0.1, 0.15) is 11.5 Å². The summed E-state index contributed by atoms with van der Waals surface area (Å²) in [5.74, 6) is 1.06. The van der Waals surface area contributed by atoms with Crippen molar-refractivity contribution in [1.29, 1.82) is 0 Å². The molecular weight excluding hydrogens is 384 g/mol. The van der Waals surface area contributed by atoms with Gasteiger partial charge in [-0.2, -0.15) is 4.98 Å². The zero-order valence-electron chi connectivity index (χ0n) is 16.2. The third-order valence-electron chi connectivity index (χ3n) is 4.56. The Labute approximate surface area is 173 Å². The number of hydrogen-bond acceptors (Lipinski definition) is 6. The van der Waals surface area contributed by atoms with E-state index in [1.54, 1.807) is 29.2 Å². The zero-order valence-corrected chi connectivity index (χ0v) is 16.2. The predicted molar refractivity (Wildman–Crippen MR) is 110 cm³/mol. The number of aromatic nitrogens is 2. The molecule has 1 aliphatic rings. The summed E-state index contributed by atoms with van der Waals surface area (Å²) in [5.41, 5.74) is 2.16. The van der Waals surface area contributed by atoms with Gasteiger partial charge in [0, 0.05) is 12.1 Å². The van der Waals surface area contributed by atoms with E-state index in [4.69, 9.17) is 9.26 Å². The van der Waals surface area contributed by atoms with Gasteiger partial charge in [0.1, 0.15) is 12.3 Å². The first kappa shape index (κ1) is 19.4. The van der Waals surface area contributed by atoms with Crippen molar-refractivity contribution in [2.45, 2.75) is 13.0 Å². The van der Waals surface area contributed by atoms with Crippen LogP contribution in [-0.2, 0) is 22.6 Å². The Morgan fingerprint density at radius 1 is 1.23 bits per heavy atom. The Hall–Kier alpha value is -3.94. The van der Waals surface area contributed by atoms with Gasteiger partial charge in [0.2, 0.25) is 17.6 Å². The molecule has 2 amide bonds. The number of anilines is 1. The summed E-state index contributed by atoms with van der Waals surface area (Å²) in [5, 5.41) is 6.74. The summed E-state index contributed by atoms with van der Waals surface area (Å²) in [7, 11) is 0. The Bertz CT molecular complexity index is 1080. The molecule has 2 heterocycles. The highest BCUT2D eigenvalue weighted by molar-refractivity contribution is 5.95. The van der Waals surface area contributed by atoms with Gasteiger partial charge in [-0.1, -0.05) is 47.6 Å². The fourth-order valence-corrected chi connectivity index (χ4v) is 3.12. The van der Waals surface area contributed by atoms with E-state index >= 15 is 0 Å². The molecule has 0 saturated carbocycles. The zero-order chi connectivity index (χ0) is 20.9. The first-order valence-electron chi connectivity index (χ1n) is 9.44. The van der Waals surface area contributed by atoms with Crippen molar-refractivity contribution in [3.05, 3.63) is 72.6 Å². The molecule has 0 spiro atoms. The summed E-state index contributed by atoms with van der Waals surface area (Å²) in [6.07, 6.45) is 1.80. The monoisotopic (exact) mass is 404 g/mol. The van der Waals surface area contributed by atoms with Gasteiger partial charge in [0.05, 0.1) is 12.1 Å². The molecular formula is C22H20N4O4. The molecule has 0 aliphatic carbocycles. The van der Waals surface area contributed by atoms with Crippen LogP contribution in [-0.4, -0.2) is 40.0 Å². The minimum atomic E-state index is -0.218. The minimum absolute atomic E-state index is 0.00641. The van der Waals surface area contributed by atoms with Gasteiger partial charge in [-0.05, 0) is 17.7 Å². The van der Waals surface area contributed by atoms with Crippen LogP contribution >= 0.6 is 0 Å². The average molecular weight is 404 g/mol. The number of rotatable bonds is 7. The highest BCUT2D eigenvalue weighted by atomic mass is 16.5. The number of ether oxygens (including phenoxy) is 1. The SMILES string of the molecule is C=CCN(Cc1nc(-c2ccccc2)no1)C(=O)Cc1ccc2c(c1)NC(=O)CO2. The molecule has 8 heteroatoms. The molecule has 0 saturated heterocycles. The Morgan fingerprint density at radius 3 is 2.87 bits per heavy atom. The Balaban J connectivity index is 1.46. The molecule has 1 N–H and O–H groups in total. The highest BCUT2D eigenvalue weighted by Crippen LogP contribution is 2.28. The van der Waals surface area contributed by atoms with Gasteiger partial charge in [-0.15, -0.1) is 6.58 Å². The lowest BCUT2D eigenvalue weighted by atomic mass is 10.1. The summed E-state index contributed by atoms with van der Waals surface area (Å²) in [6, 6.07) is 14.8. The largest absolute Gasteiger partial charge is 0.482 e. The quantitative estimate of drug-likeness (QED) is 0.608. The standard InChI is InChI=1S/C22H20N4O4/c1-2-10-26(13-20-24-22(25-30-20)16-6-4-3-5-7-16)21(28)12-15-8-9-18-17(11-15)23-19(27)14-29-18/h2-9,11H,1,10,12-14H2,(H,23,27). The molecule has 30 heavy (non-hydrogen) atoms. The maximum atomic E-state index is 12.9. The van der Waals surface area contributed by atoms with E-state index in [0.29, 0.717) is 29.7 Å². The van der Waals surface area contributed by atoms with Crippen LogP contribution in [0.2, 0.25) is 0 Å². The smallest absolute Gasteiger partial charge is 0.262 e. The van der Waals surface area contributed by atoms with Crippen LogP contribution in [0.3, 0.4) is 0 Å². The van der Waals surface area contributed by atoms with Gasteiger partial charge in [-0.25, -0.2) is 0 Å². The Morgan fingerprint density at radius 2 is 2.07 bits per heavy atom. The predicted octanol–water partition coefficient (Wildman–Crippen LogP) is 2.82. The lowest BCUT2D eigenvalue weighted by Crippen LogP contribution is -2.32. The van der Waals surface area contributed by atoms with Crippen LogP contribution in [0.5, 0.6) is 5.75 Å². The maximum Gasteiger partial charge on any atom is 0.262 e. The van der Waals surface area contributed by atoms with Crippen LogP contribution in [0.25, 0.3) is 11.4 Å². The molecule has 1 aliphatic heterocycles. The topological polar surface area (TPSA) is 97.6 Å². The second kappa shape index (κ2) is 8.60. The van der Waals surface area contributed by atoms with E-state index in [9.17, 15) is 9.59 Å². The molecule has 0 fully saturated rings. The van der Waals surface area contributed by atoms with Crippen molar-refractivity contribution in [3.63, 3.8) is 0 Å². The van der Waals surface area contributed by atoms with Gasteiger partial charge >= 0.3 is 0 Å². The van der Waals surface area contributed by atoms with E-state index in [0.717, 1.165) is 11.1 Å². The number of hydrogen-bond donors (Lipinski definition) is 1. The number of nitrogens with zero attached hydrogens (tertiary/aromatic N) is 3. The molecule has 8 nitrogen and oxygen atoms in total. The first-order chi connectivity index (χ1) is 14.6. The summed E-state index contributed by atoms with van der Waals surface area (Å²) < 4.78 is 10.7. The van der Waals surface area contributed by atoms with E-state index in [-0.39, 0.29) is 31.4 Å². The summed E-state index contributed by atoms with van der Waals surface area (Å²) in [4.78, 5) is 30.4. The molecule has 0 bridgehead atoms. The number of benzene rings is 2. The van der Waals surface area contributed by atoms with Crippen LogP contribution < -0.4 is 10.1 Å². The molecule has 0 radical (unpaired) electrons. The van der Waals surface area contributed by atoms with Gasteiger partial charge in [-0.3, -0.25) is 9.59 Å². The van der Waals surface area contributed by atoms with Crippen molar-refractivity contribution in [2.75, 3.05) is 18.5 Å². The Kier molecular flexibility index (Phi) is 5.56. The molecule has 2 aromatic carbocycles. The lowest BCUT2D eigenvalue weighted by Gasteiger charge is -2.21. The summed E-state index contributed by atoms with van der Waals surface area (Å²) >= 11 is 0. The van der Waals surface area contributed by atoms with E-state index in [1.165, 1.54) is 0 Å². The second-order valence-electron chi connectivity index (χ2n) is 6.78. The highest BCUT2D eigenvalue weighted by Gasteiger charge is 2.20. The molecule has 0 unspecified atom stereocenters. The number of carbonyl (C=O) groups excluding carboxylic acids is 2. The van der Waals surface area contributed by atoms with E-state index in [2.05, 4.69) is 22.0 Å². The van der Waals surface area contributed by atoms with Crippen molar-refractivity contribution in [3.8, 4) is 17.1 Å². The number of carbonyl (C=O) groups is 2. The lowest BCUT2D eigenvalue weighted by molar-refractivity contribution is -0.130. The molecule has 0 atom stereocenters. The number of amides is 2. The second-order valence-corrected chi connectivity index (χ2v) is 6.78. The average Bonchev–Trinajstić information content (AvgIpc) is 3.22. The van der Waals surface area contributed by atoms with Crippen LogP contribution in [0.15, 0.2) is 65.7 Å². The van der Waals surface area contributed by atoms with Crippen LogP contribution in [0.4, 0.5) is 5.69 Å². The van der Waals surface area contributed by atoms with E-state index in [1.807, 2.05) is 30.3 Å². The molecule has 3 aromatic rings. The van der Waals surface area contributed by atoms with Gasteiger partial charge in [0.15, 0.2) is 6.61 Å². The van der Waals surface area contributed by atoms with Crippen molar-refractivity contribution in [1.82, 2.24) is 15.0 Å². The molecule has 152 valence electrons. The van der Waals surface area contributed by atoms with Crippen LogP contribution in [0, 0.1) is 0 Å². The minimum Gasteiger partial charge on any atom is -0.482 e. The fraction of sp³-hybridized carbons (Fsp3) is 0.182. The summed E-state index contributed by atoms with van der Waals surface area (Å²) in [6.45, 7) is 4.24. The fourth-order valence-electron chi connectivity index (χ4n) is 3.12. The third-order valence-corrected chi connectivity index (χ3v) is 4.56. The van der Waals surface area contributed by atoms with E-state index < -0.39 is 0 Å². The molecule has 4 rings (SSSR count). The number of nitrogens with one attached hydrogen (secondary N) is 1.